The zero-order valence-electron chi connectivity index (χ0n) is 9.48. The van der Waals surface area contributed by atoms with Crippen LogP contribution in [0.5, 0.6) is 0 Å². The minimum atomic E-state index is -4.15. The van der Waals surface area contributed by atoms with Gasteiger partial charge in [-0.05, 0) is 16.8 Å². The van der Waals surface area contributed by atoms with Crippen molar-refractivity contribution in [3.63, 3.8) is 0 Å². The number of esters is 1. The number of nitrogens with zero attached hydrogens (tertiary/aromatic N) is 4. The van der Waals surface area contributed by atoms with Crippen LogP contribution in [0.15, 0.2) is 5.16 Å². The van der Waals surface area contributed by atoms with E-state index in [9.17, 15) is 18.0 Å². The number of carbonyl (C=O) groups excluding carboxylic acids is 1. The van der Waals surface area contributed by atoms with Gasteiger partial charge in [0.05, 0.1) is 7.11 Å². The van der Waals surface area contributed by atoms with Gasteiger partial charge in [0, 0.05) is 12.2 Å². The standard InChI is InChI=1S/C8H11F3N4O2S/c1-17-6(16)5-15-7(12-13-14-15)18-4-2-3-8(9,10)11/h2-5H2,1H3. The lowest BCUT2D eigenvalue weighted by Gasteiger charge is -2.05. The summed E-state index contributed by atoms with van der Waals surface area (Å²) in [5.41, 5.74) is 0. The average Bonchev–Trinajstić information content (AvgIpc) is 2.70. The molecule has 102 valence electrons. The van der Waals surface area contributed by atoms with E-state index in [2.05, 4.69) is 20.3 Å². The van der Waals surface area contributed by atoms with Gasteiger partial charge in [0.25, 0.3) is 0 Å². The Morgan fingerprint density at radius 1 is 1.50 bits per heavy atom. The summed E-state index contributed by atoms with van der Waals surface area (Å²) in [4.78, 5) is 11.0. The lowest BCUT2D eigenvalue weighted by Crippen LogP contribution is -2.14. The molecule has 0 spiro atoms. The molecule has 0 unspecified atom stereocenters. The molecule has 0 bridgehead atoms. The first kappa shape index (κ1) is 14.7. The van der Waals surface area contributed by atoms with Crippen molar-refractivity contribution >= 4 is 17.7 Å². The van der Waals surface area contributed by atoms with Crippen LogP contribution in [0, 0.1) is 0 Å². The van der Waals surface area contributed by atoms with Gasteiger partial charge >= 0.3 is 12.1 Å². The maximum atomic E-state index is 11.9. The Morgan fingerprint density at radius 2 is 2.22 bits per heavy atom. The third kappa shape index (κ3) is 5.34. The summed E-state index contributed by atoms with van der Waals surface area (Å²) in [7, 11) is 1.23. The monoisotopic (exact) mass is 284 g/mol. The molecule has 0 saturated heterocycles. The Kier molecular flexibility index (Phi) is 5.38. The molecule has 0 aliphatic carbocycles. The molecule has 10 heteroatoms. The van der Waals surface area contributed by atoms with E-state index in [1.807, 2.05) is 0 Å². The van der Waals surface area contributed by atoms with E-state index in [4.69, 9.17) is 0 Å². The van der Waals surface area contributed by atoms with Crippen LogP contribution in [0.25, 0.3) is 0 Å². The molecule has 0 saturated carbocycles. The number of hydrogen-bond acceptors (Lipinski definition) is 6. The molecule has 1 aromatic heterocycles. The number of carbonyl (C=O) groups is 1. The smallest absolute Gasteiger partial charge is 0.389 e. The van der Waals surface area contributed by atoms with Crippen molar-refractivity contribution in [2.24, 2.45) is 0 Å². The zero-order valence-corrected chi connectivity index (χ0v) is 10.3. The van der Waals surface area contributed by atoms with Crippen LogP contribution in [-0.2, 0) is 16.1 Å². The summed E-state index contributed by atoms with van der Waals surface area (Å²) in [6.45, 7) is -0.162. The molecular weight excluding hydrogens is 273 g/mol. The van der Waals surface area contributed by atoms with E-state index < -0.39 is 18.6 Å². The largest absolute Gasteiger partial charge is 0.468 e. The van der Waals surface area contributed by atoms with Gasteiger partial charge < -0.3 is 4.74 Å². The van der Waals surface area contributed by atoms with Crippen LogP contribution in [0.3, 0.4) is 0 Å². The highest BCUT2D eigenvalue weighted by Crippen LogP contribution is 2.24. The van der Waals surface area contributed by atoms with Gasteiger partial charge in [-0.3, -0.25) is 4.79 Å². The number of ether oxygens (including phenoxy) is 1. The maximum Gasteiger partial charge on any atom is 0.389 e. The topological polar surface area (TPSA) is 69.9 Å². The van der Waals surface area contributed by atoms with Crippen molar-refractivity contribution in [2.75, 3.05) is 12.9 Å². The summed E-state index contributed by atoms with van der Waals surface area (Å²) in [6.07, 6.45) is -5.03. The van der Waals surface area contributed by atoms with Crippen molar-refractivity contribution in [1.82, 2.24) is 20.2 Å². The first-order valence-corrected chi connectivity index (χ1v) is 5.93. The van der Waals surface area contributed by atoms with Gasteiger partial charge in [-0.25, -0.2) is 4.68 Å². The van der Waals surface area contributed by atoms with E-state index in [-0.39, 0.29) is 18.7 Å². The highest BCUT2D eigenvalue weighted by atomic mass is 32.2. The van der Waals surface area contributed by atoms with Crippen molar-refractivity contribution in [1.29, 1.82) is 0 Å². The maximum absolute atomic E-state index is 11.9. The van der Waals surface area contributed by atoms with Gasteiger partial charge in [-0.1, -0.05) is 11.8 Å². The van der Waals surface area contributed by atoms with E-state index in [0.29, 0.717) is 5.16 Å². The molecule has 1 heterocycles. The van der Waals surface area contributed by atoms with Crippen LogP contribution >= 0.6 is 11.8 Å². The third-order valence-corrected chi connectivity index (χ3v) is 2.88. The lowest BCUT2D eigenvalue weighted by atomic mass is 10.3. The van der Waals surface area contributed by atoms with Crippen molar-refractivity contribution in [2.45, 2.75) is 30.7 Å². The molecule has 0 amide bonds. The predicted octanol–water partition coefficient (Wildman–Crippen LogP) is 1.28. The average molecular weight is 284 g/mol. The quantitative estimate of drug-likeness (QED) is 0.445. The predicted molar refractivity (Wildman–Crippen MR) is 55.8 cm³/mol. The fourth-order valence-corrected chi connectivity index (χ4v) is 1.84. The van der Waals surface area contributed by atoms with E-state index in [0.717, 1.165) is 11.8 Å². The summed E-state index contributed by atoms with van der Waals surface area (Å²) in [6, 6.07) is 0. The van der Waals surface area contributed by atoms with Crippen molar-refractivity contribution < 1.29 is 22.7 Å². The summed E-state index contributed by atoms with van der Waals surface area (Å²) in [5.74, 6) is -0.305. The Labute approximate surface area is 105 Å². The number of halogens is 3. The number of thioether (sulfide) groups is 1. The second kappa shape index (κ2) is 6.57. The highest BCUT2D eigenvalue weighted by Gasteiger charge is 2.26. The third-order valence-electron chi connectivity index (χ3n) is 1.84. The second-order valence-corrected chi connectivity index (χ2v) is 4.32. The van der Waals surface area contributed by atoms with Crippen LogP contribution in [-0.4, -0.2) is 45.2 Å². The van der Waals surface area contributed by atoms with Gasteiger partial charge in [0.2, 0.25) is 5.16 Å². The fourth-order valence-electron chi connectivity index (χ4n) is 1.02. The van der Waals surface area contributed by atoms with Gasteiger partial charge in [-0.2, -0.15) is 13.2 Å². The molecular formula is C8H11F3N4O2S. The number of methoxy groups -OCH3 is 1. The van der Waals surface area contributed by atoms with Crippen molar-refractivity contribution in [3.8, 4) is 0 Å². The summed E-state index contributed by atoms with van der Waals surface area (Å²) in [5, 5.41) is 10.8. The highest BCUT2D eigenvalue weighted by molar-refractivity contribution is 7.99. The van der Waals surface area contributed by atoms with Gasteiger partial charge in [-0.15, -0.1) is 5.10 Å². The van der Waals surface area contributed by atoms with E-state index >= 15 is 0 Å². The van der Waals surface area contributed by atoms with E-state index in [1.54, 1.807) is 0 Å². The fraction of sp³-hybridized carbons (Fsp3) is 0.750. The Hall–Kier alpha value is -1.32. The first-order chi connectivity index (χ1) is 8.42. The molecule has 0 fully saturated rings. The molecule has 1 aromatic rings. The van der Waals surface area contributed by atoms with Crippen LogP contribution in [0.4, 0.5) is 13.2 Å². The number of alkyl halides is 3. The molecule has 18 heavy (non-hydrogen) atoms. The lowest BCUT2D eigenvalue weighted by molar-refractivity contribution is -0.141. The summed E-state index contributed by atoms with van der Waals surface area (Å²) >= 11 is 1.07. The van der Waals surface area contributed by atoms with Crippen molar-refractivity contribution in [3.05, 3.63) is 0 Å². The van der Waals surface area contributed by atoms with Gasteiger partial charge in [0.15, 0.2) is 0 Å². The molecule has 0 atom stereocenters. The number of rotatable bonds is 6. The van der Waals surface area contributed by atoms with Crippen LogP contribution < -0.4 is 0 Å². The number of tetrazole rings is 1. The van der Waals surface area contributed by atoms with E-state index in [1.165, 1.54) is 11.8 Å². The normalized spacial score (nSPS) is 11.6. The first-order valence-electron chi connectivity index (χ1n) is 4.95. The Bertz CT molecular complexity index is 396. The minimum absolute atomic E-state index is 0.0285. The minimum Gasteiger partial charge on any atom is -0.468 e. The molecule has 0 aromatic carbocycles. The van der Waals surface area contributed by atoms with Crippen LogP contribution in [0.1, 0.15) is 12.8 Å². The van der Waals surface area contributed by atoms with Gasteiger partial charge in [0.1, 0.15) is 6.54 Å². The molecule has 1 rings (SSSR count). The molecule has 0 aliphatic rings. The molecule has 0 radical (unpaired) electrons. The Balaban J connectivity index is 2.38. The Morgan fingerprint density at radius 3 is 2.83 bits per heavy atom. The van der Waals surface area contributed by atoms with Crippen LogP contribution in [0.2, 0.25) is 0 Å². The number of aromatic nitrogens is 4. The molecule has 6 nitrogen and oxygen atoms in total. The number of hydrogen-bond donors (Lipinski definition) is 0. The molecule has 0 N–H and O–H groups in total. The SMILES string of the molecule is COC(=O)Cn1nnnc1SCCCC(F)(F)F. The second-order valence-electron chi connectivity index (χ2n) is 3.26. The zero-order chi connectivity index (χ0) is 13.6. The summed E-state index contributed by atoms with van der Waals surface area (Å²) < 4.78 is 41.3. The molecule has 0 aliphatic heterocycles.